The summed E-state index contributed by atoms with van der Waals surface area (Å²) in [6, 6.07) is 15.3. The Labute approximate surface area is 246 Å². The lowest BCUT2D eigenvalue weighted by Gasteiger charge is -2.23. The van der Waals surface area contributed by atoms with E-state index in [0.29, 0.717) is 42.0 Å². The molecule has 216 valence electrons. The van der Waals surface area contributed by atoms with Gasteiger partial charge in [0.05, 0.1) is 16.9 Å². The van der Waals surface area contributed by atoms with Gasteiger partial charge in [-0.15, -0.1) is 12.4 Å². The number of aromatic nitrogens is 3. The van der Waals surface area contributed by atoms with Crippen LogP contribution in [0.4, 0.5) is 11.6 Å². The number of nitrogens with zero attached hydrogens (tertiary/aromatic N) is 4. The maximum atomic E-state index is 13.0. The van der Waals surface area contributed by atoms with E-state index in [-0.39, 0.29) is 18.4 Å². The van der Waals surface area contributed by atoms with Crippen molar-refractivity contribution >= 4 is 45.0 Å². The quantitative estimate of drug-likeness (QED) is 0.256. The molecule has 4 heterocycles. The highest BCUT2D eigenvalue weighted by atomic mass is 35.5. The summed E-state index contributed by atoms with van der Waals surface area (Å²) in [7, 11) is -3.64. The molecule has 0 amide bonds. The van der Waals surface area contributed by atoms with Crippen molar-refractivity contribution in [2.24, 2.45) is 0 Å². The molecular weight excluding hydrogens is 562 g/mol. The Morgan fingerprint density at radius 1 is 0.976 bits per heavy atom. The van der Waals surface area contributed by atoms with Gasteiger partial charge in [0, 0.05) is 48.8 Å². The van der Waals surface area contributed by atoms with Gasteiger partial charge in [-0.2, -0.15) is 12.7 Å². The van der Waals surface area contributed by atoms with Gasteiger partial charge in [-0.05, 0) is 69.0 Å². The van der Waals surface area contributed by atoms with Gasteiger partial charge in [0.15, 0.2) is 0 Å². The van der Waals surface area contributed by atoms with Crippen molar-refractivity contribution in [3.05, 3.63) is 66.5 Å². The highest BCUT2D eigenvalue weighted by molar-refractivity contribution is 7.90. The zero-order valence-electron chi connectivity index (χ0n) is 22.8. The van der Waals surface area contributed by atoms with Gasteiger partial charge >= 0.3 is 10.2 Å². The minimum atomic E-state index is -3.64. The number of anilines is 2. The minimum absolute atomic E-state index is 0. The molecule has 0 spiro atoms. The van der Waals surface area contributed by atoms with Crippen LogP contribution in [0.25, 0.3) is 22.0 Å². The number of rotatable bonds is 8. The van der Waals surface area contributed by atoms with Gasteiger partial charge in [-0.25, -0.2) is 15.0 Å². The first kappa shape index (κ1) is 29.0. The monoisotopic (exact) mass is 595 g/mol. The summed E-state index contributed by atoms with van der Waals surface area (Å²) in [5.74, 6) is 1.59. The lowest BCUT2D eigenvalue weighted by atomic mass is 10.0. The second-order valence-electron chi connectivity index (χ2n) is 10.2. The topological polar surface area (TPSA) is 121 Å². The van der Waals surface area contributed by atoms with E-state index < -0.39 is 10.2 Å². The summed E-state index contributed by atoms with van der Waals surface area (Å²) < 4.78 is 36.8. The minimum Gasteiger partial charge on any atom is -0.437 e. The summed E-state index contributed by atoms with van der Waals surface area (Å²) in [5.41, 5.74) is 2.84. The highest BCUT2D eigenvalue weighted by Gasteiger charge is 2.26. The lowest BCUT2D eigenvalue weighted by Crippen LogP contribution is -2.38. The van der Waals surface area contributed by atoms with E-state index in [9.17, 15) is 8.42 Å². The number of halogens is 1. The molecule has 2 aliphatic rings. The van der Waals surface area contributed by atoms with Gasteiger partial charge in [0.25, 0.3) is 0 Å². The van der Waals surface area contributed by atoms with Crippen LogP contribution in [0.1, 0.15) is 31.2 Å². The summed E-state index contributed by atoms with van der Waals surface area (Å²) in [4.78, 5) is 13.7. The van der Waals surface area contributed by atoms with E-state index in [1.165, 1.54) is 4.31 Å². The van der Waals surface area contributed by atoms with Gasteiger partial charge < -0.3 is 15.4 Å². The third-order valence-corrected chi connectivity index (χ3v) is 8.91. The van der Waals surface area contributed by atoms with Crippen molar-refractivity contribution in [1.82, 2.24) is 24.6 Å². The first-order valence-corrected chi connectivity index (χ1v) is 15.2. The van der Waals surface area contributed by atoms with Crippen LogP contribution in [0, 0.1) is 6.92 Å². The molecule has 2 fully saturated rings. The summed E-state index contributed by atoms with van der Waals surface area (Å²) >= 11 is 0. The van der Waals surface area contributed by atoms with Crippen molar-refractivity contribution in [3.8, 4) is 22.9 Å². The molecule has 2 aliphatic heterocycles. The Morgan fingerprint density at radius 3 is 2.63 bits per heavy atom. The second kappa shape index (κ2) is 12.6. The Bertz CT molecular complexity index is 1620. The fraction of sp³-hybridized carbons (Fsp3) is 0.345. The van der Waals surface area contributed by atoms with E-state index in [1.54, 1.807) is 18.5 Å². The van der Waals surface area contributed by atoms with Gasteiger partial charge in [-0.1, -0.05) is 24.3 Å². The SMILES string of the molecule is Cc1ccc2c(NS(=O)(=O)N3CCCC3)cccc2c1Oc1ncccc1-c1ccnc(N[C@H]2CCCNC2)n1.Cl. The molecule has 0 radical (unpaired) electrons. The van der Waals surface area contributed by atoms with Crippen molar-refractivity contribution < 1.29 is 13.2 Å². The van der Waals surface area contributed by atoms with Crippen LogP contribution in [-0.4, -0.2) is 59.9 Å². The number of pyridine rings is 1. The number of benzene rings is 2. The number of nitrogens with one attached hydrogen (secondary N) is 3. The first-order valence-electron chi connectivity index (χ1n) is 13.7. The molecule has 2 saturated heterocycles. The second-order valence-corrected chi connectivity index (χ2v) is 11.9. The van der Waals surface area contributed by atoms with E-state index in [1.807, 2.05) is 49.4 Å². The molecule has 0 aliphatic carbocycles. The standard InChI is InChI=1S/C29H33N7O3S.ClH/c1-20-11-12-22-23(8-4-10-26(22)35-40(37,38)36-17-2-3-18-36)27(20)39-28-24(9-6-15-31-28)25-13-16-32-29(34-25)33-21-7-5-14-30-19-21;/h4,6,8-13,15-16,21,30,35H,2-3,5,7,14,17-19H2,1H3,(H,32,33,34);1H/t21-;/m0./s1. The van der Waals surface area contributed by atoms with Crippen LogP contribution in [0.15, 0.2) is 60.9 Å². The molecule has 2 aromatic carbocycles. The van der Waals surface area contributed by atoms with E-state index in [2.05, 4.69) is 25.3 Å². The van der Waals surface area contributed by atoms with Crippen molar-refractivity contribution in [2.45, 2.75) is 38.6 Å². The zero-order valence-corrected chi connectivity index (χ0v) is 24.5. The van der Waals surface area contributed by atoms with E-state index >= 15 is 0 Å². The number of ether oxygens (including phenoxy) is 1. The Hall–Kier alpha value is -3.51. The third-order valence-electron chi connectivity index (χ3n) is 7.38. The number of piperidine rings is 1. The van der Waals surface area contributed by atoms with Gasteiger partial charge in [-0.3, -0.25) is 4.72 Å². The van der Waals surface area contributed by atoms with E-state index in [0.717, 1.165) is 60.7 Å². The predicted molar refractivity (Wildman–Crippen MR) is 164 cm³/mol. The number of hydrogen-bond acceptors (Lipinski definition) is 8. The van der Waals surface area contributed by atoms with Crippen molar-refractivity contribution in [2.75, 3.05) is 36.2 Å². The fourth-order valence-electron chi connectivity index (χ4n) is 5.30. The molecule has 6 rings (SSSR count). The van der Waals surface area contributed by atoms with Crippen LogP contribution < -0.4 is 20.1 Å². The third kappa shape index (κ3) is 6.38. The van der Waals surface area contributed by atoms with Crippen LogP contribution in [-0.2, 0) is 10.2 Å². The predicted octanol–water partition coefficient (Wildman–Crippen LogP) is 5.13. The van der Waals surface area contributed by atoms with Crippen LogP contribution in [0.3, 0.4) is 0 Å². The molecule has 4 aromatic rings. The summed E-state index contributed by atoms with van der Waals surface area (Å²) in [6.45, 7) is 4.95. The largest absolute Gasteiger partial charge is 0.437 e. The Balaban J connectivity index is 0.00000337. The average molecular weight is 596 g/mol. The number of aryl methyl sites for hydroxylation is 1. The molecular formula is C29H34ClN7O3S. The molecule has 0 unspecified atom stereocenters. The maximum absolute atomic E-state index is 13.0. The number of fused-ring (bicyclic) bond motifs is 1. The Kier molecular flexibility index (Phi) is 8.88. The highest BCUT2D eigenvalue weighted by Crippen LogP contribution is 2.39. The first-order chi connectivity index (χ1) is 19.5. The molecule has 1 atom stereocenters. The van der Waals surface area contributed by atoms with Crippen LogP contribution >= 0.6 is 12.4 Å². The zero-order chi connectivity index (χ0) is 27.5. The average Bonchev–Trinajstić information content (AvgIpc) is 3.52. The Morgan fingerprint density at radius 2 is 1.83 bits per heavy atom. The summed E-state index contributed by atoms with van der Waals surface area (Å²) in [5, 5.41) is 8.37. The molecule has 0 saturated carbocycles. The number of hydrogen-bond donors (Lipinski definition) is 3. The molecule has 0 bridgehead atoms. The molecule has 10 nitrogen and oxygen atoms in total. The van der Waals surface area contributed by atoms with Crippen LogP contribution in [0.5, 0.6) is 11.6 Å². The molecule has 3 N–H and O–H groups in total. The fourth-order valence-corrected chi connectivity index (χ4v) is 6.62. The van der Waals surface area contributed by atoms with Crippen molar-refractivity contribution in [3.63, 3.8) is 0 Å². The van der Waals surface area contributed by atoms with E-state index in [4.69, 9.17) is 9.72 Å². The normalized spacial score (nSPS) is 17.6. The molecule has 41 heavy (non-hydrogen) atoms. The van der Waals surface area contributed by atoms with Crippen molar-refractivity contribution in [1.29, 1.82) is 0 Å². The maximum Gasteiger partial charge on any atom is 0.301 e. The molecule has 12 heteroatoms. The summed E-state index contributed by atoms with van der Waals surface area (Å²) in [6.07, 6.45) is 7.36. The van der Waals surface area contributed by atoms with Gasteiger partial charge in [0.2, 0.25) is 11.8 Å². The molecule has 2 aromatic heterocycles. The lowest BCUT2D eigenvalue weighted by molar-refractivity contribution is 0.466. The van der Waals surface area contributed by atoms with Crippen LogP contribution in [0.2, 0.25) is 0 Å². The van der Waals surface area contributed by atoms with Gasteiger partial charge in [0.1, 0.15) is 5.75 Å². The smallest absolute Gasteiger partial charge is 0.301 e.